The molecule has 1 fully saturated rings. The minimum atomic E-state index is 0.0476. The summed E-state index contributed by atoms with van der Waals surface area (Å²) in [7, 11) is 3.23. The highest BCUT2D eigenvalue weighted by Gasteiger charge is 2.30. The molecule has 152 valence electrons. The van der Waals surface area contributed by atoms with Crippen LogP contribution in [0.3, 0.4) is 0 Å². The summed E-state index contributed by atoms with van der Waals surface area (Å²) in [4.78, 5) is 14.8. The van der Waals surface area contributed by atoms with E-state index in [1.165, 1.54) is 0 Å². The molecule has 4 rings (SSSR count). The van der Waals surface area contributed by atoms with Crippen molar-refractivity contribution in [2.24, 2.45) is 0 Å². The zero-order valence-electron chi connectivity index (χ0n) is 16.5. The van der Waals surface area contributed by atoms with Crippen molar-refractivity contribution >= 4 is 17.2 Å². The topological polar surface area (TPSA) is 77.7 Å². The lowest BCUT2D eigenvalue weighted by atomic mass is 10.0. The average Bonchev–Trinajstić information content (AvgIpc) is 3.52. The number of carbonyl (C=O) groups is 1. The average molecular weight is 413 g/mol. The Bertz CT molecular complexity index is 970. The molecular formula is C21H23N3O4S. The summed E-state index contributed by atoms with van der Waals surface area (Å²) in [6.45, 7) is 0.752. The number of aryl methyl sites for hydroxylation is 1. The molecule has 3 aromatic rings. The lowest BCUT2D eigenvalue weighted by Crippen LogP contribution is -2.30. The van der Waals surface area contributed by atoms with Crippen LogP contribution in [0.25, 0.3) is 11.5 Å². The van der Waals surface area contributed by atoms with Crippen LogP contribution in [0.15, 0.2) is 39.4 Å². The molecule has 0 aliphatic carbocycles. The Hall–Kier alpha value is -2.87. The van der Waals surface area contributed by atoms with Crippen molar-refractivity contribution in [2.75, 3.05) is 20.8 Å². The summed E-state index contributed by atoms with van der Waals surface area (Å²) < 4.78 is 16.4. The van der Waals surface area contributed by atoms with E-state index in [4.69, 9.17) is 13.9 Å². The van der Waals surface area contributed by atoms with Gasteiger partial charge in [0.05, 0.1) is 20.3 Å². The Morgan fingerprint density at radius 3 is 2.86 bits per heavy atom. The van der Waals surface area contributed by atoms with Gasteiger partial charge in [0.15, 0.2) is 11.5 Å². The summed E-state index contributed by atoms with van der Waals surface area (Å²) in [5.41, 5.74) is 1.97. The number of aromatic nitrogens is 2. The highest BCUT2D eigenvalue weighted by atomic mass is 32.1. The number of thiophene rings is 1. The number of rotatable bonds is 7. The van der Waals surface area contributed by atoms with Crippen molar-refractivity contribution in [2.45, 2.75) is 31.7 Å². The molecule has 2 aromatic heterocycles. The number of likely N-dealkylation sites (tertiary alicyclic amines) is 1. The fourth-order valence-electron chi connectivity index (χ4n) is 3.69. The molecule has 1 amide bonds. The Labute approximate surface area is 173 Å². The van der Waals surface area contributed by atoms with Gasteiger partial charge in [-0.15, -0.1) is 10.2 Å². The van der Waals surface area contributed by atoms with Gasteiger partial charge in [0.2, 0.25) is 17.7 Å². The third-order valence-electron chi connectivity index (χ3n) is 5.15. The standard InChI is InChI=1S/C21H23N3O4S/c1-26-17-6-5-14(12-18(17)27-2)16-4-3-10-24(16)20(25)8-7-19-22-23-21(28-19)15-9-11-29-13-15/h5-6,9,11-13,16H,3-4,7-8,10H2,1-2H3. The lowest BCUT2D eigenvalue weighted by molar-refractivity contribution is -0.132. The van der Waals surface area contributed by atoms with Gasteiger partial charge in [-0.3, -0.25) is 4.79 Å². The van der Waals surface area contributed by atoms with Gasteiger partial charge in [0, 0.05) is 30.3 Å². The molecule has 0 N–H and O–H groups in total. The maximum absolute atomic E-state index is 12.9. The SMILES string of the molecule is COc1ccc(C2CCCN2C(=O)CCc2nnc(-c3ccsc3)o2)cc1OC. The summed E-state index contributed by atoms with van der Waals surface area (Å²) >= 11 is 1.58. The summed E-state index contributed by atoms with van der Waals surface area (Å²) in [6, 6.07) is 7.83. The van der Waals surface area contributed by atoms with E-state index < -0.39 is 0 Å². The van der Waals surface area contributed by atoms with Crippen LogP contribution in [-0.2, 0) is 11.2 Å². The van der Waals surface area contributed by atoms with E-state index in [1.54, 1.807) is 25.6 Å². The maximum atomic E-state index is 12.9. The van der Waals surface area contributed by atoms with Gasteiger partial charge in [0.25, 0.3) is 0 Å². The van der Waals surface area contributed by atoms with E-state index in [9.17, 15) is 4.79 Å². The number of benzene rings is 1. The molecule has 0 spiro atoms. The van der Waals surface area contributed by atoms with E-state index in [2.05, 4.69) is 10.2 Å². The third-order valence-corrected chi connectivity index (χ3v) is 5.84. The zero-order valence-corrected chi connectivity index (χ0v) is 17.3. The van der Waals surface area contributed by atoms with Crippen LogP contribution >= 0.6 is 11.3 Å². The van der Waals surface area contributed by atoms with Crippen molar-refractivity contribution in [3.8, 4) is 23.0 Å². The van der Waals surface area contributed by atoms with Crippen LogP contribution in [0.1, 0.15) is 36.8 Å². The quantitative estimate of drug-likeness (QED) is 0.580. The third kappa shape index (κ3) is 4.12. The van der Waals surface area contributed by atoms with Gasteiger partial charge in [-0.05, 0) is 42.0 Å². The molecule has 1 saturated heterocycles. The van der Waals surface area contributed by atoms with Crippen molar-refractivity contribution in [1.82, 2.24) is 15.1 Å². The number of ether oxygens (including phenoxy) is 2. The zero-order chi connectivity index (χ0) is 20.2. The molecule has 29 heavy (non-hydrogen) atoms. The Morgan fingerprint density at radius 2 is 2.10 bits per heavy atom. The molecule has 0 bridgehead atoms. The van der Waals surface area contributed by atoms with E-state index >= 15 is 0 Å². The Kier molecular flexibility index (Phi) is 5.80. The van der Waals surface area contributed by atoms with Crippen molar-refractivity contribution in [1.29, 1.82) is 0 Å². The van der Waals surface area contributed by atoms with Crippen molar-refractivity contribution in [3.63, 3.8) is 0 Å². The van der Waals surface area contributed by atoms with E-state index in [0.717, 1.165) is 30.5 Å². The van der Waals surface area contributed by atoms with E-state index in [1.807, 2.05) is 39.9 Å². The van der Waals surface area contributed by atoms with E-state index in [-0.39, 0.29) is 11.9 Å². The van der Waals surface area contributed by atoms with Crippen LogP contribution in [0.2, 0.25) is 0 Å². The molecule has 7 nitrogen and oxygen atoms in total. The molecule has 3 heterocycles. The number of carbonyl (C=O) groups excluding carboxylic acids is 1. The Morgan fingerprint density at radius 1 is 1.24 bits per heavy atom. The highest BCUT2D eigenvalue weighted by molar-refractivity contribution is 7.08. The van der Waals surface area contributed by atoms with Crippen molar-refractivity contribution < 1.29 is 18.7 Å². The van der Waals surface area contributed by atoms with Crippen molar-refractivity contribution in [3.05, 3.63) is 46.5 Å². The predicted octanol–water partition coefficient (Wildman–Crippen LogP) is 4.11. The molecule has 1 atom stereocenters. The molecule has 0 radical (unpaired) electrons. The first-order valence-corrected chi connectivity index (χ1v) is 10.5. The smallest absolute Gasteiger partial charge is 0.248 e. The van der Waals surface area contributed by atoms with Gasteiger partial charge in [-0.2, -0.15) is 11.3 Å². The summed E-state index contributed by atoms with van der Waals surface area (Å²) in [5.74, 6) is 2.44. The molecule has 8 heteroatoms. The minimum Gasteiger partial charge on any atom is -0.493 e. The second kappa shape index (κ2) is 8.65. The summed E-state index contributed by atoms with van der Waals surface area (Å²) in [5, 5.41) is 12.1. The minimum absolute atomic E-state index is 0.0476. The van der Waals surface area contributed by atoms with Crippen LogP contribution in [0.5, 0.6) is 11.5 Å². The first-order chi connectivity index (χ1) is 14.2. The Balaban J connectivity index is 1.42. The number of amides is 1. The van der Waals surface area contributed by atoms with Crippen LogP contribution < -0.4 is 9.47 Å². The first-order valence-electron chi connectivity index (χ1n) is 9.56. The molecule has 1 unspecified atom stereocenters. The number of hydrogen-bond donors (Lipinski definition) is 0. The van der Waals surface area contributed by atoms with Gasteiger partial charge in [-0.1, -0.05) is 6.07 Å². The lowest BCUT2D eigenvalue weighted by Gasteiger charge is -2.25. The first kappa shape index (κ1) is 19.4. The van der Waals surface area contributed by atoms with Gasteiger partial charge in [-0.25, -0.2) is 0 Å². The molecule has 0 saturated carbocycles. The largest absolute Gasteiger partial charge is 0.493 e. The highest BCUT2D eigenvalue weighted by Crippen LogP contribution is 2.37. The number of nitrogens with zero attached hydrogens (tertiary/aromatic N) is 3. The normalized spacial score (nSPS) is 16.2. The molecule has 1 aromatic carbocycles. The van der Waals surface area contributed by atoms with E-state index in [0.29, 0.717) is 36.1 Å². The predicted molar refractivity (Wildman–Crippen MR) is 109 cm³/mol. The van der Waals surface area contributed by atoms with Gasteiger partial charge >= 0.3 is 0 Å². The molecule has 1 aliphatic rings. The fourth-order valence-corrected chi connectivity index (χ4v) is 4.32. The number of methoxy groups -OCH3 is 2. The monoisotopic (exact) mass is 413 g/mol. The van der Waals surface area contributed by atoms with Gasteiger partial charge in [0.1, 0.15) is 0 Å². The number of hydrogen-bond acceptors (Lipinski definition) is 7. The van der Waals surface area contributed by atoms with Crippen LogP contribution in [0.4, 0.5) is 0 Å². The van der Waals surface area contributed by atoms with Crippen LogP contribution in [0, 0.1) is 0 Å². The second-order valence-corrected chi connectivity index (χ2v) is 7.65. The van der Waals surface area contributed by atoms with Gasteiger partial charge < -0.3 is 18.8 Å². The summed E-state index contributed by atoms with van der Waals surface area (Å²) in [6.07, 6.45) is 2.69. The van der Waals surface area contributed by atoms with Crippen LogP contribution in [-0.4, -0.2) is 41.8 Å². The fraction of sp³-hybridized carbons (Fsp3) is 0.381. The second-order valence-electron chi connectivity index (χ2n) is 6.87. The maximum Gasteiger partial charge on any atom is 0.248 e. The molecule has 1 aliphatic heterocycles. The molecular weight excluding hydrogens is 390 g/mol.